The number of hydrogen-bond donors (Lipinski definition) is 4. The van der Waals surface area contributed by atoms with E-state index in [1.807, 2.05) is 24.3 Å². The number of unbranched alkanes of at least 4 members (excludes halogenated alkanes) is 1. The second-order valence-corrected chi connectivity index (χ2v) is 5.22. The Kier molecular flexibility index (Phi) is 4.35. The maximum atomic E-state index is 5.78. The molecule has 4 nitrogen and oxygen atoms in total. The summed E-state index contributed by atoms with van der Waals surface area (Å²) in [6.07, 6.45) is 4.12. The van der Waals surface area contributed by atoms with Gasteiger partial charge in [0.15, 0.2) is 0 Å². The van der Waals surface area contributed by atoms with Gasteiger partial charge in [0.2, 0.25) is 0 Å². The Morgan fingerprint density at radius 1 is 0.500 bits per heavy atom. The zero-order chi connectivity index (χ0) is 14.5. The van der Waals surface area contributed by atoms with Crippen molar-refractivity contribution in [3.8, 4) is 0 Å². The largest absolute Gasteiger partial charge is 0.399 e. The molecule has 0 aliphatic carbocycles. The molecule has 0 fully saturated rings. The highest BCUT2D eigenvalue weighted by atomic mass is 14.6. The van der Waals surface area contributed by atoms with Crippen LogP contribution >= 0.6 is 0 Å². The molecule has 0 aliphatic heterocycles. The number of hydrogen-bond acceptors (Lipinski definition) is 4. The summed E-state index contributed by atoms with van der Waals surface area (Å²) in [7, 11) is 0. The minimum Gasteiger partial charge on any atom is -0.399 e. The lowest BCUT2D eigenvalue weighted by Crippen LogP contribution is -1.96. The zero-order valence-electron chi connectivity index (χ0n) is 11.6. The average Bonchev–Trinajstić information content (AvgIpc) is 2.32. The molecule has 0 heterocycles. The lowest BCUT2D eigenvalue weighted by molar-refractivity contribution is 0.735. The molecule has 0 amide bonds. The van der Waals surface area contributed by atoms with Crippen LogP contribution < -0.4 is 22.9 Å². The van der Waals surface area contributed by atoms with Crippen LogP contribution in [0.5, 0.6) is 0 Å². The first-order valence-corrected chi connectivity index (χ1v) is 6.83. The van der Waals surface area contributed by atoms with Gasteiger partial charge in [-0.15, -0.1) is 0 Å². The normalized spacial score (nSPS) is 10.6. The maximum Gasteiger partial charge on any atom is 0.0337 e. The topological polar surface area (TPSA) is 104 Å². The third kappa shape index (κ3) is 4.09. The number of rotatable bonds is 5. The van der Waals surface area contributed by atoms with Crippen molar-refractivity contribution >= 4 is 22.7 Å². The van der Waals surface area contributed by atoms with E-state index in [0.29, 0.717) is 0 Å². The first-order chi connectivity index (χ1) is 9.52. The van der Waals surface area contributed by atoms with E-state index in [1.54, 1.807) is 12.1 Å². The van der Waals surface area contributed by atoms with E-state index in [-0.39, 0.29) is 0 Å². The van der Waals surface area contributed by atoms with Crippen LogP contribution in [-0.2, 0) is 12.8 Å². The molecule has 2 rings (SSSR count). The van der Waals surface area contributed by atoms with Gasteiger partial charge >= 0.3 is 0 Å². The Morgan fingerprint density at radius 3 is 1.10 bits per heavy atom. The Bertz CT molecular complexity index is 499. The van der Waals surface area contributed by atoms with Crippen LogP contribution in [0.1, 0.15) is 24.0 Å². The SMILES string of the molecule is Nc1cc(N)cc(CCCCc2cc(N)cc(N)c2)c1. The van der Waals surface area contributed by atoms with E-state index in [4.69, 9.17) is 22.9 Å². The van der Waals surface area contributed by atoms with Gasteiger partial charge in [0.25, 0.3) is 0 Å². The van der Waals surface area contributed by atoms with Gasteiger partial charge in [-0.3, -0.25) is 0 Å². The fraction of sp³-hybridized carbons (Fsp3) is 0.250. The summed E-state index contributed by atoms with van der Waals surface area (Å²) < 4.78 is 0. The molecular weight excluding hydrogens is 248 g/mol. The lowest BCUT2D eigenvalue weighted by atomic mass is 10.0. The van der Waals surface area contributed by atoms with E-state index in [9.17, 15) is 0 Å². The highest BCUT2D eigenvalue weighted by molar-refractivity contribution is 5.55. The molecule has 0 atom stereocenters. The Balaban J connectivity index is 1.84. The van der Waals surface area contributed by atoms with Crippen LogP contribution in [0.2, 0.25) is 0 Å². The van der Waals surface area contributed by atoms with Gasteiger partial charge in [-0.1, -0.05) is 0 Å². The summed E-state index contributed by atoms with van der Waals surface area (Å²) in [5.74, 6) is 0. The standard InChI is InChI=1S/C16H22N4/c17-13-5-11(6-14(18)9-13)3-1-2-4-12-7-15(19)10-16(20)8-12/h5-10H,1-4,17-20H2. The third-order valence-corrected chi connectivity index (χ3v) is 3.26. The van der Waals surface area contributed by atoms with Gasteiger partial charge in [0, 0.05) is 22.7 Å². The summed E-state index contributed by atoms with van der Waals surface area (Å²) in [4.78, 5) is 0. The molecule has 0 aromatic heterocycles. The van der Waals surface area contributed by atoms with E-state index in [1.165, 1.54) is 11.1 Å². The highest BCUT2D eigenvalue weighted by Crippen LogP contribution is 2.18. The highest BCUT2D eigenvalue weighted by Gasteiger charge is 2.00. The Morgan fingerprint density at radius 2 is 0.800 bits per heavy atom. The fourth-order valence-corrected chi connectivity index (χ4v) is 2.44. The molecule has 0 spiro atoms. The molecule has 8 N–H and O–H groups in total. The van der Waals surface area contributed by atoms with Crippen molar-refractivity contribution in [2.24, 2.45) is 0 Å². The summed E-state index contributed by atoms with van der Waals surface area (Å²) in [6, 6.07) is 11.5. The second kappa shape index (κ2) is 6.19. The third-order valence-electron chi connectivity index (χ3n) is 3.26. The minimum atomic E-state index is 0.726. The molecule has 2 aromatic carbocycles. The zero-order valence-corrected chi connectivity index (χ0v) is 11.6. The quantitative estimate of drug-likeness (QED) is 0.495. The molecule has 0 saturated carbocycles. The van der Waals surface area contributed by atoms with E-state index in [2.05, 4.69) is 0 Å². The van der Waals surface area contributed by atoms with E-state index >= 15 is 0 Å². The predicted octanol–water partition coefficient (Wildman–Crippen LogP) is 2.58. The minimum absolute atomic E-state index is 0.726. The molecule has 0 bridgehead atoms. The van der Waals surface area contributed by atoms with Crippen molar-refractivity contribution in [1.82, 2.24) is 0 Å². The van der Waals surface area contributed by atoms with Crippen molar-refractivity contribution in [2.45, 2.75) is 25.7 Å². The van der Waals surface area contributed by atoms with Crippen molar-refractivity contribution < 1.29 is 0 Å². The van der Waals surface area contributed by atoms with Gasteiger partial charge in [-0.2, -0.15) is 0 Å². The van der Waals surface area contributed by atoms with Gasteiger partial charge in [0.05, 0.1) is 0 Å². The fourth-order valence-electron chi connectivity index (χ4n) is 2.44. The molecule has 4 heteroatoms. The average molecular weight is 270 g/mol. The molecular formula is C16H22N4. The first kappa shape index (κ1) is 14.1. The summed E-state index contributed by atoms with van der Waals surface area (Å²) >= 11 is 0. The smallest absolute Gasteiger partial charge is 0.0337 e. The number of nitrogen functional groups attached to an aromatic ring is 4. The van der Waals surface area contributed by atoms with Crippen molar-refractivity contribution in [2.75, 3.05) is 22.9 Å². The van der Waals surface area contributed by atoms with Gasteiger partial charge in [0.1, 0.15) is 0 Å². The molecule has 0 saturated heterocycles. The van der Waals surface area contributed by atoms with Crippen LogP contribution in [0, 0.1) is 0 Å². The van der Waals surface area contributed by atoms with Crippen LogP contribution in [0.25, 0.3) is 0 Å². The Labute approximate surface area is 119 Å². The molecule has 0 aliphatic rings. The molecule has 0 radical (unpaired) electrons. The summed E-state index contributed by atoms with van der Waals surface area (Å²) in [6.45, 7) is 0. The lowest BCUT2D eigenvalue weighted by Gasteiger charge is -2.06. The Hall–Kier alpha value is -2.36. The number of aryl methyl sites for hydroxylation is 2. The predicted molar refractivity (Wildman–Crippen MR) is 87.2 cm³/mol. The molecule has 20 heavy (non-hydrogen) atoms. The van der Waals surface area contributed by atoms with Gasteiger partial charge in [-0.25, -0.2) is 0 Å². The van der Waals surface area contributed by atoms with Gasteiger partial charge < -0.3 is 22.9 Å². The summed E-state index contributed by atoms with van der Waals surface area (Å²) in [5.41, 5.74) is 28.4. The van der Waals surface area contributed by atoms with Crippen molar-refractivity contribution in [3.63, 3.8) is 0 Å². The number of nitrogens with two attached hydrogens (primary N) is 4. The van der Waals surface area contributed by atoms with Crippen LogP contribution in [0.15, 0.2) is 36.4 Å². The second-order valence-electron chi connectivity index (χ2n) is 5.22. The summed E-state index contributed by atoms with van der Waals surface area (Å²) in [5, 5.41) is 0. The van der Waals surface area contributed by atoms with Crippen molar-refractivity contribution in [3.05, 3.63) is 47.5 Å². The maximum absolute atomic E-state index is 5.78. The van der Waals surface area contributed by atoms with Crippen LogP contribution in [0.4, 0.5) is 22.7 Å². The van der Waals surface area contributed by atoms with Crippen LogP contribution in [0.3, 0.4) is 0 Å². The first-order valence-electron chi connectivity index (χ1n) is 6.83. The van der Waals surface area contributed by atoms with Gasteiger partial charge in [-0.05, 0) is 73.2 Å². The van der Waals surface area contributed by atoms with Crippen LogP contribution in [-0.4, -0.2) is 0 Å². The van der Waals surface area contributed by atoms with Crippen molar-refractivity contribution in [1.29, 1.82) is 0 Å². The molecule has 0 unspecified atom stereocenters. The van der Waals surface area contributed by atoms with E-state index in [0.717, 1.165) is 48.4 Å². The monoisotopic (exact) mass is 270 g/mol. The molecule has 2 aromatic rings. The number of anilines is 4. The molecule has 106 valence electrons. The number of benzene rings is 2. The van der Waals surface area contributed by atoms with E-state index < -0.39 is 0 Å².